The van der Waals surface area contributed by atoms with Gasteiger partial charge in [0.15, 0.2) is 0 Å². The van der Waals surface area contributed by atoms with E-state index in [4.69, 9.17) is 0 Å². The summed E-state index contributed by atoms with van der Waals surface area (Å²) in [4.78, 5) is 5.56. The molecule has 0 radical (unpaired) electrons. The van der Waals surface area contributed by atoms with Crippen molar-refractivity contribution in [1.82, 2.24) is 0 Å². The minimum atomic E-state index is -0.123. The molecule has 4 heteroatoms. The first-order chi connectivity index (χ1) is 34.1. The Morgan fingerprint density at radius 2 is 1.03 bits per heavy atom. The van der Waals surface area contributed by atoms with E-state index < -0.39 is 0 Å². The summed E-state index contributed by atoms with van der Waals surface area (Å²) in [6, 6.07) is 42.5. The maximum absolute atomic E-state index is 2.80. The quantitative estimate of drug-likeness (QED) is 0.163. The van der Waals surface area contributed by atoms with Crippen LogP contribution < -0.4 is 25.5 Å². The Morgan fingerprint density at radius 1 is 0.466 bits per heavy atom. The number of fused-ring (bicyclic) bond motifs is 13. The summed E-state index contributed by atoms with van der Waals surface area (Å²) in [5, 5.41) is 1.44. The van der Waals surface area contributed by atoms with Crippen molar-refractivity contribution >= 4 is 78.0 Å². The second kappa shape index (κ2) is 14.9. The SMILES string of the molecule is CC(C)(C)c1ccc(N2c3cc4c(cc3B3c5sc6cc7c(cc6c5N(c5ccc6c(c5)C(C)(C)CCC6(C)C)c5cc(C(C)(C)C)cc2c53)C2(C)CC[C@]7(C)C2)C(C)(C)CCC4(C)C)c(-c2ccccc2)c1. The van der Waals surface area contributed by atoms with Crippen molar-refractivity contribution in [2.45, 2.75) is 199 Å². The van der Waals surface area contributed by atoms with E-state index in [-0.39, 0.29) is 50.0 Å². The fourth-order valence-electron chi connectivity index (χ4n) is 15.4. The molecular weight excluding hydrogens is 900 g/mol. The lowest BCUT2D eigenvalue weighted by atomic mass is 9.35. The van der Waals surface area contributed by atoms with Gasteiger partial charge in [-0.2, -0.15) is 0 Å². The number of hydrogen-bond acceptors (Lipinski definition) is 3. The van der Waals surface area contributed by atoms with E-state index in [0.29, 0.717) is 0 Å². The Morgan fingerprint density at radius 3 is 1.64 bits per heavy atom. The number of rotatable bonds is 3. The van der Waals surface area contributed by atoms with E-state index in [1.165, 1.54) is 149 Å². The predicted molar refractivity (Wildman–Crippen MR) is 318 cm³/mol. The Bertz CT molecular complexity index is 3510. The molecule has 0 saturated heterocycles. The molecule has 0 N–H and O–H groups in total. The van der Waals surface area contributed by atoms with Crippen molar-refractivity contribution < 1.29 is 0 Å². The van der Waals surface area contributed by atoms with Gasteiger partial charge in [-0.25, -0.2) is 0 Å². The van der Waals surface area contributed by atoms with E-state index in [0.717, 1.165) is 0 Å². The minimum absolute atomic E-state index is 0.0156. The van der Waals surface area contributed by atoms with E-state index in [1.54, 1.807) is 11.1 Å². The van der Waals surface area contributed by atoms with Crippen LogP contribution >= 0.6 is 11.3 Å². The molecule has 3 heterocycles. The van der Waals surface area contributed by atoms with Gasteiger partial charge in [-0.3, -0.25) is 0 Å². The van der Waals surface area contributed by atoms with Gasteiger partial charge in [0.05, 0.1) is 11.4 Å². The Balaban J connectivity index is 1.19. The maximum Gasteiger partial charge on any atom is 0.264 e. The van der Waals surface area contributed by atoms with Gasteiger partial charge < -0.3 is 9.80 Å². The molecule has 73 heavy (non-hydrogen) atoms. The zero-order valence-corrected chi connectivity index (χ0v) is 48.0. The van der Waals surface area contributed by atoms with Gasteiger partial charge in [0, 0.05) is 43.2 Å². The molecule has 6 aliphatic rings. The summed E-state index contributed by atoms with van der Waals surface area (Å²) in [5.74, 6) is 0. The molecule has 374 valence electrons. The van der Waals surface area contributed by atoms with Crippen LogP contribution in [0.25, 0.3) is 21.2 Å². The highest BCUT2D eigenvalue weighted by Crippen LogP contribution is 2.63. The van der Waals surface area contributed by atoms with Gasteiger partial charge in [-0.1, -0.05) is 159 Å². The molecule has 2 nitrogen and oxygen atoms in total. The topological polar surface area (TPSA) is 6.48 Å². The molecule has 13 rings (SSSR count). The van der Waals surface area contributed by atoms with Crippen molar-refractivity contribution in [2.75, 3.05) is 9.80 Å². The molecule has 0 spiro atoms. The van der Waals surface area contributed by atoms with Crippen LogP contribution in [0.2, 0.25) is 0 Å². The smallest absolute Gasteiger partial charge is 0.264 e. The van der Waals surface area contributed by atoms with Gasteiger partial charge in [-0.15, -0.1) is 11.3 Å². The van der Waals surface area contributed by atoms with Crippen LogP contribution in [0.3, 0.4) is 0 Å². The van der Waals surface area contributed by atoms with Crippen LogP contribution in [0.1, 0.15) is 200 Å². The maximum atomic E-state index is 2.80. The first-order valence-electron chi connectivity index (χ1n) is 28.0. The predicted octanol–water partition coefficient (Wildman–Crippen LogP) is 17.7. The minimum Gasteiger partial charge on any atom is -0.311 e. The molecule has 2 atom stereocenters. The number of thiophene rings is 1. The lowest BCUT2D eigenvalue weighted by Crippen LogP contribution is -2.61. The molecule has 1 aromatic heterocycles. The third-order valence-electron chi connectivity index (χ3n) is 20.2. The van der Waals surface area contributed by atoms with Gasteiger partial charge >= 0.3 is 0 Å². The molecule has 4 aliphatic carbocycles. The largest absolute Gasteiger partial charge is 0.311 e. The van der Waals surface area contributed by atoms with E-state index in [1.807, 2.05) is 0 Å². The van der Waals surface area contributed by atoms with Crippen LogP contribution in [-0.4, -0.2) is 6.71 Å². The summed E-state index contributed by atoms with van der Waals surface area (Å²) in [5.41, 5.74) is 26.0. The fraction of sp³-hybridized carbons (Fsp3) is 0.449. The van der Waals surface area contributed by atoms with Crippen molar-refractivity contribution in [2.24, 2.45) is 0 Å². The lowest BCUT2D eigenvalue weighted by molar-refractivity contribution is 0.332. The van der Waals surface area contributed by atoms with E-state index in [9.17, 15) is 0 Å². The highest BCUT2D eigenvalue weighted by atomic mass is 32.1. The summed E-state index contributed by atoms with van der Waals surface area (Å²) >= 11 is 2.11. The van der Waals surface area contributed by atoms with Crippen molar-refractivity contribution in [3.63, 3.8) is 0 Å². The van der Waals surface area contributed by atoms with Crippen LogP contribution in [0.4, 0.5) is 34.1 Å². The Kier molecular flexibility index (Phi) is 9.70. The summed E-state index contributed by atoms with van der Waals surface area (Å²) in [6.07, 6.45) is 8.57. The van der Waals surface area contributed by atoms with Gasteiger partial charge in [0.2, 0.25) is 0 Å². The molecule has 1 unspecified atom stereocenters. The second-order valence-corrected chi connectivity index (χ2v) is 30.4. The molecule has 2 aliphatic heterocycles. The van der Waals surface area contributed by atoms with Crippen molar-refractivity contribution in [1.29, 1.82) is 0 Å². The molecule has 0 amide bonds. The molecule has 1 fully saturated rings. The molecule has 7 aromatic rings. The molecule has 1 saturated carbocycles. The molecular formula is C69H79BN2S. The highest BCUT2D eigenvalue weighted by molar-refractivity contribution is 7.33. The van der Waals surface area contributed by atoms with Gasteiger partial charge in [0.1, 0.15) is 0 Å². The monoisotopic (exact) mass is 979 g/mol. The molecule has 2 bridgehead atoms. The number of anilines is 6. The van der Waals surface area contributed by atoms with Crippen LogP contribution in [0.5, 0.6) is 0 Å². The van der Waals surface area contributed by atoms with E-state index >= 15 is 0 Å². The zero-order valence-electron chi connectivity index (χ0n) is 47.1. The first kappa shape index (κ1) is 47.6. The summed E-state index contributed by atoms with van der Waals surface area (Å²) in [6.45, 7) is 39.6. The highest BCUT2D eigenvalue weighted by Gasteiger charge is 2.54. The summed E-state index contributed by atoms with van der Waals surface area (Å²) < 4.78 is 2.94. The fourth-order valence-corrected chi connectivity index (χ4v) is 16.7. The third kappa shape index (κ3) is 6.79. The average molecular weight is 979 g/mol. The third-order valence-corrected chi connectivity index (χ3v) is 21.4. The van der Waals surface area contributed by atoms with Crippen LogP contribution in [0, 0.1) is 0 Å². The van der Waals surface area contributed by atoms with E-state index in [2.05, 4.69) is 235 Å². The number of benzene rings is 6. The Labute approximate surface area is 443 Å². The zero-order chi connectivity index (χ0) is 51.5. The first-order valence-corrected chi connectivity index (χ1v) is 28.9. The second-order valence-electron chi connectivity index (χ2n) is 29.4. The summed E-state index contributed by atoms with van der Waals surface area (Å²) in [7, 11) is 0. The van der Waals surface area contributed by atoms with Gasteiger partial charge in [-0.05, 0) is 204 Å². The lowest BCUT2D eigenvalue weighted by Gasteiger charge is -2.48. The average Bonchev–Trinajstić information content (AvgIpc) is 3.96. The van der Waals surface area contributed by atoms with Crippen LogP contribution in [-0.2, 0) is 43.3 Å². The normalized spacial score (nSPS) is 23.4. The number of nitrogens with zero attached hydrogens (tertiary/aromatic N) is 2. The van der Waals surface area contributed by atoms with Crippen LogP contribution in [0.15, 0.2) is 103 Å². The van der Waals surface area contributed by atoms with Crippen molar-refractivity contribution in [3.8, 4) is 11.1 Å². The standard InChI is InChI=1S/C69H79BN2S/c1-62(2,3)42-22-25-54(45(32-42)41-20-18-17-19-21-41)72-55-38-50-49(66(11,12)28-29-67(50,13)14)37-53(55)70-59-56(33-43(34-57(59)72)63(4,5)6)71(44-23-24-47-48(35-44)65(9,10)27-26-64(47,7)8)60-46-36-51-52(39-58(46)73-61(60)70)69(16)31-30-68(51,15)40-69/h17-25,32-39H,26-31,40H2,1-16H3/t68?,69-/m1/s1. The number of hydrogen-bond donors (Lipinski definition) is 0. The Hall–Kier alpha value is -5.06. The van der Waals surface area contributed by atoms with Crippen molar-refractivity contribution in [3.05, 3.63) is 148 Å². The van der Waals surface area contributed by atoms with Gasteiger partial charge in [0.25, 0.3) is 6.71 Å². The molecule has 6 aromatic carbocycles.